The molecule has 0 radical (unpaired) electrons. The van der Waals surface area contributed by atoms with E-state index in [1.807, 2.05) is 23.6 Å². The van der Waals surface area contributed by atoms with Gasteiger partial charge in [0, 0.05) is 11.3 Å². The topological polar surface area (TPSA) is 40.9 Å². The standard InChI is InChI=1S/C16H14FNOS/c17-13-8-6-12(7-9-13)15(11-18)16(19)5-1-3-14-4-2-10-20-14/h2,4,6-10,15H,1,3,5H2. The molecule has 0 amide bonds. The Morgan fingerprint density at radius 1 is 1.30 bits per heavy atom. The van der Waals surface area contributed by atoms with Crippen molar-refractivity contribution in [3.8, 4) is 6.07 Å². The number of carbonyl (C=O) groups is 1. The molecule has 0 aliphatic rings. The molecule has 0 saturated heterocycles. The van der Waals surface area contributed by atoms with Crippen molar-refractivity contribution in [2.24, 2.45) is 0 Å². The molecule has 1 unspecified atom stereocenters. The fraction of sp³-hybridized carbons (Fsp3) is 0.250. The number of halogens is 1. The number of hydrogen-bond donors (Lipinski definition) is 0. The molecule has 102 valence electrons. The van der Waals surface area contributed by atoms with Crippen LogP contribution in [0.3, 0.4) is 0 Å². The first-order valence-electron chi connectivity index (χ1n) is 6.41. The molecule has 1 atom stereocenters. The van der Waals surface area contributed by atoms with Crippen LogP contribution in [0.25, 0.3) is 0 Å². The van der Waals surface area contributed by atoms with E-state index < -0.39 is 5.92 Å². The molecule has 1 aromatic heterocycles. The van der Waals surface area contributed by atoms with Crippen LogP contribution in [-0.4, -0.2) is 5.78 Å². The second-order valence-corrected chi connectivity index (χ2v) is 5.55. The van der Waals surface area contributed by atoms with Crippen LogP contribution >= 0.6 is 11.3 Å². The Morgan fingerprint density at radius 2 is 2.05 bits per heavy atom. The van der Waals surface area contributed by atoms with Crippen molar-refractivity contribution in [1.29, 1.82) is 5.26 Å². The van der Waals surface area contributed by atoms with E-state index in [0.29, 0.717) is 12.0 Å². The van der Waals surface area contributed by atoms with Crippen LogP contribution in [0.15, 0.2) is 41.8 Å². The molecule has 1 heterocycles. The largest absolute Gasteiger partial charge is 0.298 e. The van der Waals surface area contributed by atoms with Crippen LogP contribution in [0.2, 0.25) is 0 Å². The SMILES string of the molecule is N#CC(C(=O)CCCc1cccs1)c1ccc(F)cc1. The van der Waals surface area contributed by atoms with Gasteiger partial charge in [0.1, 0.15) is 11.7 Å². The highest BCUT2D eigenvalue weighted by Gasteiger charge is 2.19. The zero-order chi connectivity index (χ0) is 14.4. The van der Waals surface area contributed by atoms with E-state index in [-0.39, 0.29) is 11.6 Å². The lowest BCUT2D eigenvalue weighted by molar-refractivity contribution is -0.119. The summed E-state index contributed by atoms with van der Waals surface area (Å²) >= 11 is 1.67. The van der Waals surface area contributed by atoms with Gasteiger partial charge in [-0.05, 0) is 42.0 Å². The van der Waals surface area contributed by atoms with Crippen LogP contribution in [0.4, 0.5) is 4.39 Å². The Hall–Kier alpha value is -1.99. The molecular weight excluding hydrogens is 273 g/mol. The van der Waals surface area contributed by atoms with Gasteiger partial charge in [0.25, 0.3) is 0 Å². The number of hydrogen-bond acceptors (Lipinski definition) is 3. The lowest BCUT2D eigenvalue weighted by Gasteiger charge is -2.08. The molecule has 0 fully saturated rings. The monoisotopic (exact) mass is 287 g/mol. The molecule has 20 heavy (non-hydrogen) atoms. The highest BCUT2D eigenvalue weighted by atomic mass is 32.1. The Kier molecular flexibility index (Phi) is 5.03. The van der Waals surface area contributed by atoms with Crippen molar-refractivity contribution in [1.82, 2.24) is 0 Å². The molecular formula is C16H14FNOS. The Bertz CT molecular complexity index is 598. The lowest BCUT2D eigenvalue weighted by Crippen LogP contribution is -2.11. The van der Waals surface area contributed by atoms with Crippen LogP contribution in [0, 0.1) is 17.1 Å². The van der Waals surface area contributed by atoms with Gasteiger partial charge in [0.05, 0.1) is 6.07 Å². The van der Waals surface area contributed by atoms with Gasteiger partial charge >= 0.3 is 0 Å². The Morgan fingerprint density at radius 3 is 2.65 bits per heavy atom. The number of Topliss-reactive ketones (excluding diaryl/α,β-unsaturated/α-hetero) is 1. The molecule has 0 N–H and O–H groups in total. The molecule has 2 aromatic rings. The van der Waals surface area contributed by atoms with Crippen LogP contribution < -0.4 is 0 Å². The van der Waals surface area contributed by atoms with E-state index in [2.05, 4.69) is 0 Å². The van der Waals surface area contributed by atoms with Gasteiger partial charge in [-0.2, -0.15) is 5.26 Å². The summed E-state index contributed by atoms with van der Waals surface area (Å²) in [6.07, 6.45) is 1.96. The van der Waals surface area contributed by atoms with Crippen LogP contribution in [-0.2, 0) is 11.2 Å². The first-order chi connectivity index (χ1) is 9.70. The van der Waals surface area contributed by atoms with Crippen molar-refractivity contribution >= 4 is 17.1 Å². The molecule has 0 bridgehead atoms. The molecule has 0 aliphatic carbocycles. The van der Waals surface area contributed by atoms with Crippen molar-refractivity contribution in [3.05, 3.63) is 58.0 Å². The molecule has 0 spiro atoms. The number of aryl methyl sites for hydroxylation is 1. The minimum Gasteiger partial charge on any atom is -0.298 e. The second kappa shape index (κ2) is 6.97. The van der Waals surface area contributed by atoms with Crippen LogP contribution in [0.5, 0.6) is 0 Å². The van der Waals surface area contributed by atoms with E-state index in [0.717, 1.165) is 12.8 Å². The summed E-state index contributed by atoms with van der Waals surface area (Å²) in [5.41, 5.74) is 0.565. The maximum atomic E-state index is 12.8. The predicted octanol–water partition coefficient (Wildman–Crippen LogP) is 4.09. The average molecular weight is 287 g/mol. The predicted molar refractivity (Wildman–Crippen MR) is 77.0 cm³/mol. The molecule has 0 saturated carbocycles. The maximum absolute atomic E-state index is 12.8. The Balaban J connectivity index is 1.92. The minimum absolute atomic E-state index is 0.101. The molecule has 0 aliphatic heterocycles. The summed E-state index contributed by atoms with van der Waals surface area (Å²) in [6.45, 7) is 0. The number of ketones is 1. The highest BCUT2D eigenvalue weighted by molar-refractivity contribution is 7.09. The average Bonchev–Trinajstić information content (AvgIpc) is 2.95. The summed E-state index contributed by atoms with van der Waals surface area (Å²) in [4.78, 5) is 13.3. The number of thiophene rings is 1. The molecule has 1 aromatic carbocycles. The van der Waals surface area contributed by atoms with Crippen molar-refractivity contribution in [2.45, 2.75) is 25.2 Å². The smallest absolute Gasteiger partial charge is 0.154 e. The van der Waals surface area contributed by atoms with Gasteiger partial charge < -0.3 is 0 Å². The summed E-state index contributed by atoms with van der Waals surface area (Å²) in [5, 5.41) is 11.1. The third kappa shape index (κ3) is 3.75. The molecule has 2 nitrogen and oxygen atoms in total. The van der Waals surface area contributed by atoms with Gasteiger partial charge in [0.15, 0.2) is 5.78 Å². The van der Waals surface area contributed by atoms with E-state index in [1.165, 1.54) is 29.1 Å². The fourth-order valence-electron chi connectivity index (χ4n) is 2.02. The van der Waals surface area contributed by atoms with Gasteiger partial charge in [-0.1, -0.05) is 18.2 Å². The Labute approximate surface area is 121 Å². The second-order valence-electron chi connectivity index (χ2n) is 4.51. The summed E-state index contributed by atoms with van der Waals surface area (Å²) in [5.74, 6) is -1.26. The number of benzene rings is 1. The van der Waals surface area contributed by atoms with Gasteiger partial charge in [-0.3, -0.25) is 4.79 Å². The minimum atomic E-state index is -0.793. The van der Waals surface area contributed by atoms with E-state index in [9.17, 15) is 9.18 Å². The van der Waals surface area contributed by atoms with Gasteiger partial charge in [0.2, 0.25) is 0 Å². The lowest BCUT2D eigenvalue weighted by atomic mass is 9.93. The van der Waals surface area contributed by atoms with Gasteiger partial charge in [-0.15, -0.1) is 11.3 Å². The normalized spacial score (nSPS) is 11.8. The highest BCUT2D eigenvalue weighted by Crippen LogP contribution is 2.20. The number of nitrogens with zero attached hydrogens (tertiary/aromatic N) is 1. The third-order valence-electron chi connectivity index (χ3n) is 3.08. The third-order valence-corrected chi connectivity index (χ3v) is 4.02. The van der Waals surface area contributed by atoms with Gasteiger partial charge in [-0.25, -0.2) is 4.39 Å². The summed E-state index contributed by atoms with van der Waals surface area (Å²) < 4.78 is 12.8. The number of carbonyl (C=O) groups excluding carboxylic acids is 1. The first kappa shape index (κ1) is 14.4. The zero-order valence-electron chi connectivity index (χ0n) is 10.9. The summed E-state index contributed by atoms with van der Waals surface area (Å²) in [6, 6.07) is 11.6. The molecule has 4 heteroatoms. The van der Waals surface area contributed by atoms with Crippen molar-refractivity contribution in [3.63, 3.8) is 0 Å². The number of nitriles is 1. The maximum Gasteiger partial charge on any atom is 0.154 e. The molecule has 2 rings (SSSR count). The van der Waals surface area contributed by atoms with E-state index in [4.69, 9.17) is 5.26 Å². The quantitative estimate of drug-likeness (QED) is 0.803. The van der Waals surface area contributed by atoms with Crippen LogP contribution in [0.1, 0.15) is 29.2 Å². The first-order valence-corrected chi connectivity index (χ1v) is 7.29. The van der Waals surface area contributed by atoms with Crippen molar-refractivity contribution in [2.75, 3.05) is 0 Å². The summed E-state index contributed by atoms with van der Waals surface area (Å²) in [7, 11) is 0. The van der Waals surface area contributed by atoms with E-state index >= 15 is 0 Å². The fourth-order valence-corrected chi connectivity index (χ4v) is 2.77. The van der Waals surface area contributed by atoms with E-state index in [1.54, 1.807) is 11.3 Å². The van der Waals surface area contributed by atoms with Crippen molar-refractivity contribution < 1.29 is 9.18 Å². The zero-order valence-corrected chi connectivity index (χ0v) is 11.7. The number of rotatable bonds is 6.